The van der Waals surface area contributed by atoms with E-state index in [1.807, 2.05) is 32.0 Å². The maximum Gasteiger partial charge on any atom is 0.336 e. The van der Waals surface area contributed by atoms with Crippen molar-refractivity contribution in [3.63, 3.8) is 0 Å². The molecule has 0 saturated carbocycles. The Balaban J connectivity index is 1.83. The smallest absolute Gasteiger partial charge is 0.336 e. The van der Waals surface area contributed by atoms with Crippen LogP contribution in [0, 0.1) is 0 Å². The minimum atomic E-state index is -0.675. The van der Waals surface area contributed by atoms with E-state index < -0.39 is 11.9 Å². The molecule has 2 aromatic carbocycles. The number of carbonyl (C=O) groups excluding carboxylic acids is 2. The number of dihydropyridines is 1. The van der Waals surface area contributed by atoms with Gasteiger partial charge in [-0.1, -0.05) is 6.07 Å². The maximum atomic E-state index is 13.9. The molecule has 2 atom stereocenters. The molecule has 1 aliphatic carbocycles. The van der Waals surface area contributed by atoms with Crippen molar-refractivity contribution >= 4 is 11.8 Å². The van der Waals surface area contributed by atoms with Crippen LogP contribution in [0.5, 0.6) is 28.7 Å². The molecule has 0 amide bonds. The Labute approximate surface area is 228 Å². The van der Waals surface area contributed by atoms with Gasteiger partial charge >= 0.3 is 5.97 Å². The zero-order valence-corrected chi connectivity index (χ0v) is 23.4. The number of benzene rings is 2. The van der Waals surface area contributed by atoms with Crippen molar-refractivity contribution in [1.82, 2.24) is 5.32 Å². The van der Waals surface area contributed by atoms with Crippen molar-refractivity contribution in [2.24, 2.45) is 0 Å². The number of rotatable bonds is 9. The number of ether oxygens (including phenoxy) is 6. The van der Waals surface area contributed by atoms with Crippen molar-refractivity contribution in [2.75, 3.05) is 42.2 Å². The Morgan fingerprint density at radius 1 is 0.872 bits per heavy atom. The molecule has 0 bridgehead atoms. The molecular weight excluding hydrogens is 502 g/mol. The third-order valence-electron chi connectivity index (χ3n) is 7.21. The van der Waals surface area contributed by atoms with Gasteiger partial charge in [0.2, 0.25) is 5.75 Å². The number of hydrogen-bond acceptors (Lipinski definition) is 9. The first-order valence-corrected chi connectivity index (χ1v) is 12.7. The van der Waals surface area contributed by atoms with Crippen LogP contribution in [0.4, 0.5) is 0 Å². The normalized spacial score (nSPS) is 18.7. The van der Waals surface area contributed by atoms with Crippen molar-refractivity contribution < 1.29 is 38.0 Å². The van der Waals surface area contributed by atoms with Gasteiger partial charge in [-0.2, -0.15) is 0 Å². The second-order valence-electron chi connectivity index (χ2n) is 9.31. The predicted octanol–water partition coefficient (Wildman–Crippen LogP) is 4.65. The number of esters is 1. The maximum absolute atomic E-state index is 13.9. The van der Waals surface area contributed by atoms with Crippen LogP contribution in [0.15, 0.2) is 52.9 Å². The number of nitrogens with one attached hydrogen (secondary N) is 1. The fourth-order valence-corrected chi connectivity index (χ4v) is 5.47. The molecule has 2 aliphatic rings. The van der Waals surface area contributed by atoms with Crippen molar-refractivity contribution in [2.45, 2.75) is 38.5 Å². The van der Waals surface area contributed by atoms with Crippen LogP contribution in [-0.4, -0.2) is 53.9 Å². The highest BCUT2D eigenvalue weighted by molar-refractivity contribution is 6.04. The summed E-state index contributed by atoms with van der Waals surface area (Å²) in [5.41, 5.74) is 3.92. The molecule has 2 aromatic rings. The van der Waals surface area contributed by atoms with Gasteiger partial charge in [0.25, 0.3) is 0 Å². The highest BCUT2D eigenvalue weighted by Crippen LogP contribution is 2.49. The molecule has 0 radical (unpaired) electrons. The fourth-order valence-electron chi connectivity index (χ4n) is 5.47. The highest BCUT2D eigenvalue weighted by Gasteiger charge is 2.42. The lowest BCUT2D eigenvalue weighted by Gasteiger charge is -2.37. The lowest BCUT2D eigenvalue weighted by molar-refractivity contribution is -0.136. The first kappa shape index (κ1) is 27.9. The monoisotopic (exact) mass is 537 g/mol. The van der Waals surface area contributed by atoms with Crippen LogP contribution in [0.25, 0.3) is 0 Å². The molecule has 1 aliphatic heterocycles. The van der Waals surface area contributed by atoms with E-state index in [1.54, 1.807) is 19.2 Å². The van der Waals surface area contributed by atoms with Gasteiger partial charge in [-0.3, -0.25) is 4.79 Å². The summed E-state index contributed by atoms with van der Waals surface area (Å²) < 4.78 is 33.0. The molecule has 9 heteroatoms. The van der Waals surface area contributed by atoms with E-state index in [4.69, 9.17) is 28.4 Å². The molecule has 0 spiro atoms. The summed E-state index contributed by atoms with van der Waals surface area (Å²) >= 11 is 0. The van der Waals surface area contributed by atoms with Crippen LogP contribution in [-0.2, 0) is 14.3 Å². The van der Waals surface area contributed by atoms with Crippen molar-refractivity contribution in [3.05, 3.63) is 64.0 Å². The molecule has 0 unspecified atom stereocenters. The third kappa shape index (κ3) is 5.13. The van der Waals surface area contributed by atoms with Crippen LogP contribution in [0.3, 0.4) is 0 Å². The molecule has 4 rings (SSSR count). The largest absolute Gasteiger partial charge is 0.493 e. The van der Waals surface area contributed by atoms with E-state index in [1.165, 1.54) is 28.4 Å². The molecule has 1 N–H and O–H groups in total. The van der Waals surface area contributed by atoms with E-state index in [0.717, 1.165) is 11.3 Å². The summed E-state index contributed by atoms with van der Waals surface area (Å²) in [6.45, 7) is 4.25. The van der Waals surface area contributed by atoms with Crippen molar-refractivity contribution in [3.8, 4) is 28.7 Å². The van der Waals surface area contributed by atoms with E-state index >= 15 is 0 Å². The summed E-state index contributed by atoms with van der Waals surface area (Å²) in [7, 11) is 7.50. The molecule has 1 heterocycles. The topological polar surface area (TPSA) is 102 Å². The van der Waals surface area contributed by atoms with Crippen LogP contribution >= 0.6 is 0 Å². The molecule has 9 nitrogen and oxygen atoms in total. The standard InChI is InChI=1S/C30H35NO8/c1-8-39-22-10-9-17(13-23(22)34-3)18-11-20-28(21(32)12-18)27(26(16(2)31-20)30(33)38-7)19-14-24(35-4)29(37-6)25(15-19)36-5/h9-10,13-15,18,27,31H,8,11-12H2,1-7H3/t18-,27+/m0/s1. The van der Waals surface area contributed by atoms with E-state index in [0.29, 0.717) is 64.2 Å². The zero-order chi connectivity index (χ0) is 28.3. The molecular formula is C30H35NO8. The summed E-state index contributed by atoms with van der Waals surface area (Å²) in [6.07, 6.45) is 0.844. The minimum absolute atomic E-state index is 0.0609. The van der Waals surface area contributed by atoms with Gasteiger partial charge in [0.15, 0.2) is 28.8 Å². The van der Waals surface area contributed by atoms with Gasteiger partial charge in [0.05, 0.1) is 47.7 Å². The molecule has 39 heavy (non-hydrogen) atoms. The minimum Gasteiger partial charge on any atom is -0.493 e. The van der Waals surface area contributed by atoms with Crippen LogP contribution < -0.4 is 29.0 Å². The second kappa shape index (κ2) is 11.7. The number of hydrogen-bond donors (Lipinski definition) is 1. The highest BCUT2D eigenvalue weighted by atomic mass is 16.5. The van der Waals surface area contributed by atoms with Crippen LogP contribution in [0.2, 0.25) is 0 Å². The first-order valence-electron chi connectivity index (χ1n) is 12.7. The van der Waals surface area contributed by atoms with E-state index in [9.17, 15) is 9.59 Å². The lowest BCUT2D eigenvalue weighted by atomic mass is 9.71. The zero-order valence-electron chi connectivity index (χ0n) is 23.4. The van der Waals surface area contributed by atoms with Gasteiger partial charge in [-0.25, -0.2) is 4.79 Å². The molecule has 0 aromatic heterocycles. The van der Waals surface area contributed by atoms with Gasteiger partial charge in [-0.15, -0.1) is 0 Å². The number of Topliss-reactive ketones (excluding diaryl/α,β-unsaturated/α-hetero) is 1. The third-order valence-corrected chi connectivity index (χ3v) is 7.21. The second-order valence-corrected chi connectivity index (χ2v) is 9.31. The molecule has 208 valence electrons. The Hall–Kier alpha value is -4.14. The quantitative estimate of drug-likeness (QED) is 0.458. The average molecular weight is 538 g/mol. The molecule has 0 fully saturated rings. The summed E-state index contributed by atoms with van der Waals surface area (Å²) in [5, 5.41) is 3.35. The lowest BCUT2D eigenvalue weighted by Crippen LogP contribution is -2.36. The predicted molar refractivity (Wildman–Crippen MR) is 145 cm³/mol. The summed E-state index contributed by atoms with van der Waals surface area (Å²) in [6, 6.07) is 9.32. The summed E-state index contributed by atoms with van der Waals surface area (Å²) in [4.78, 5) is 26.9. The number of methoxy groups -OCH3 is 5. The van der Waals surface area contributed by atoms with Gasteiger partial charge in [-0.05, 0) is 61.6 Å². The van der Waals surface area contributed by atoms with Gasteiger partial charge < -0.3 is 33.7 Å². The SMILES string of the molecule is CCOc1ccc([C@@H]2CC(=O)C3=C(C2)NC(C)=C(C(=O)OC)[C@H]3c2cc(OC)c(OC)c(OC)c2)cc1OC. The number of carbonyl (C=O) groups is 2. The summed E-state index contributed by atoms with van der Waals surface area (Å²) in [5.74, 6) is 1.22. The Bertz CT molecular complexity index is 1320. The van der Waals surface area contributed by atoms with E-state index in [-0.39, 0.29) is 18.1 Å². The Morgan fingerprint density at radius 2 is 1.51 bits per heavy atom. The fraction of sp³-hybridized carbons (Fsp3) is 0.400. The average Bonchev–Trinajstić information content (AvgIpc) is 2.95. The van der Waals surface area contributed by atoms with Gasteiger partial charge in [0.1, 0.15) is 0 Å². The van der Waals surface area contributed by atoms with Crippen LogP contribution in [0.1, 0.15) is 49.7 Å². The molecule has 0 saturated heterocycles. The first-order chi connectivity index (χ1) is 18.8. The Kier molecular flexibility index (Phi) is 8.38. The Morgan fingerprint density at radius 3 is 2.08 bits per heavy atom. The van der Waals surface area contributed by atoms with E-state index in [2.05, 4.69) is 5.32 Å². The van der Waals surface area contributed by atoms with Crippen molar-refractivity contribution in [1.29, 1.82) is 0 Å². The van der Waals surface area contributed by atoms with Gasteiger partial charge in [0, 0.05) is 29.3 Å². The number of allylic oxidation sites excluding steroid dienone is 3. The number of ketones is 1.